The number of carbonyl (C=O) groups is 2. The molecule has 2 amide bonds. The van der Waals surface area contributed by atoms with Gasteiger partial charge in [-0.05, 0) is 45.0 Å². The number of benzene rings is 1. The average molecular weight is 313 g/mol. The summed E-state index contributed by atoms with van der Waals surface area (Å²) in [6.45, 7) is 5.48. The van der Waals surface area contributed by atoms with Crippen molar-refractivity contribution in [2.24, 2.45) is 0 Å². The summed E-state index contributed by atoms with van der Waals surface area (Å²) >= 11 is 0. The van der Waals surface area contributed by atoms with Gasteiger partial charge < -0.3 is 10.6 Å². The van der Waals surface area contributed by atoms with Crippen LogP contribution in [0.4, 0.5) is 5.69 Å². The van der Waals surface area contributed by atoms with Gasteiger partial charge in [-0.1, -0.05) is 5.21 Å². The summed E-state index contributed by atoms with van der Waals surface area (Å²) in [5, 5.41) is 13.0. The Kier molecular flexibility index (Phi) is 5.24. The number of hydrogen-bond donors (Lipinski definition) is 2. The first-order valence-corrected chi connectivity index (χ1v) is 7.22. The molecule has 0 saturated carbocycles. The summed E-state index contributed by atoms with van der Waals surface area (Å²) in [5.41, 5.74) is 1.64. The number of carbonyl (C=O) groups excluding carboxylic acids is 2. The van der Waals surface area contributed by atoms with Crippen LogP contribution in [-0.4, -0.2) is 32.9 Å². The van der Waals surface area contributed by atoms with Crippen LogP contribution in [0.2, 0.25) is 0 Å². The van der Waals surface area contributed by atoms with E-state index in [1.807, 2.05) is 13.8 Å². The average Bonchev–Trinajstić information content (AvgIpc) is 3.00. The number of nitrogens with one attached hydrogen (secondary N) is 2. The summed E-state index contributed by atoms with van der Waals surface area (Å²) in [5.74, 6) is -0.389. The van der Waals surface area contributed by atoms with Crippen molar-refractivity contribution in [3.63, 3.8) is 0 Å². The molecular formula is C16H19N5O2. The highest BCUT2D eigenvalue weighted by atomic mass is 16.2. The molecule has 0 radical (unpaired) electrons. The van der Waals surface area contributed by atoms with E-state index in [1.54, 1.807) is 43.6 Å². The van der Waals surface area contributed by atoms with Gasteiger partial charge in [-0.15, -0.1) is 5.10 Å². The van der Waals surface area contributed by atoms with E-state index < -0.39 is 0 Å². The third-order valence-electron chi connectivity index (χ3n) is 2.95. The predicted octanol–water partition coefficient (Wildman–Crippen LogP) is 1.92. The van der Waals surface area contributed by atoms with Crippen LogP contribution >= 0.6 is 0 Å². The first kappa shape index (κ1) is 16.4. The number of amides is 2. The van der Waals surface area contributed by atoms with Crippen LogP contribution in [-0.2, 0) is 4.79 Å². The zero-order chi connectivity index (χ0) is 16.8. The van der Waals surface area contributed by atoms with Gasteiger partial charge in [0, 0.05) is 29.1 Å². The first-order valence-electron chi connectivity index (χ1n) is 7.22. The SMILES string of the molecule is CC(=Cn1ccnn1)C(=O)Nc1ccc(C(=O)NC(C)C)cc1. The lowest BCUT2D eigenvalue weighted by atomic mass is 10.1. The molecule has 0 aliphatic rings. The Morgan fingerprint density at radius 2 is 1.91 bits per heavy atom. The van der Waals surface area contributed by atoms with Crippen molar-refractivity contribution < 1.29 is 9.59 Å². The Hall–Kier alpha value is -2.96. The Morgan fingerprint density at radius 1 is 1.22 bits per heavy atom. The first-order chi connectivity index (χ1) is 11.0. The second-order valence-electron chi connectivity index (χ2n) is 5.35. The molecule has 0 saturated heterocycles. The van der Waals surface area contributed by atoms with Gasteiger partial charge in [0.05, 0.1) is 12.4 Å². The zero-order valence-corrected chi connectivity index (χ0v) is 13.3. The van der Waals surface area contributed by atoms with Crippen LogP contribution in [0.1, 0.15) is 31.1 Å². The molecule has 2 aromatic rings. The fraction of sp³-hybridized carbons (Fsp3) is 0.250. The minimum atomic E-state index is -0.250. The second kappa shape index (κ2) is 7.35. The van der Waals surface area contributed by atoms with E-state index in [9.17, 15) is 9.59 Å². The topological polar surface area (TPSA) is 88.9 Å². The van der Waals surface area contributed by atoms with Crippen LogP contribution in [0, 0.1) is 0 Å². The number of anilines is 1. The second-order valence-corrected chi connectivity index (χ2v) is 5.35. The number of aromatic nitrogens is 3. The Morgan fingerprint density at radius 3 is 2.48 bits per heavy atom. The normalized spacial score (nSPS) is 11.4. The van der Waals surface area contributed by atoms with Gasteiger partial charge in [0.25, 0.3) is 11.8 Å². The van der Waals surface area contributed by atoms with Crippen LogP contribution in [0.5, 0.6) is 0 Å². The third-order valence-corrected chi connectivity index (χ3v) is 2.95. The van der Waals surface area contributed by atoms with E-state index in [0.717, 1.165) is 0 Å². The summed E-state index contributed by atoms with van der Waals surface area (Å²) in [6, 6.07) is 6.80. The summed E-state index contributed by atoms with van der Waals surface area (Å²) in [4.78, 5) is 23.9. The highest BCUT2D eigenvalue weighted by Crippen LogP contribution is 2.11. The maximum atomic E-state index is 12.1. The maximum absolute atomic E-state index is 12.1. The predicted molar refractivity (Wildman–Crippen MR) is 87.6 cm³/mol. The van der Waals surface area contributed by atoms with Crippen molar-refractivity contribution in [3.05, 3.63) is 47.8 Å². The Balaban J connectivity index is 2.00. The summed E-state index contributed by atoms with van der Waals surface area (Å²) in [7, 11) is 0. The van der Waals surface area contributed by atoms with Gasteiger partial charge in [-0.2, -0.15) is 0 Å². The standard InChI is InChI=1S/C16H19N5O2/c1-11(2)18-16(23)13-4-6-14(7-5-13)19-15(22)12(3)10-21-9-8-17-20-21/h4-11H,1-3H3,(H,18,23)(H,19,22). The molecule has 0 bridgehead atoms. The third kappa shape index (κ3) is 4.77. The lowest BCUT2D eigenvalue weighted by Gasteiger charge is -2.09. The number of nitrogens with zero attached hydrogens (tertiary/aromatic N) is 3. The molecule has 0 aliphatic heterocycles. The molecule has 0 spiro atoms. The van der Waals surface area contributed by atoms with Crippen molar-refractivity contribution in [2.75, 3.05) is 5.32 Å². The van der Waals surface area contributed by atoms with Crippen molar-refractivity contribution in [1.29, 1.82) is 0 Å². The van der Waals surface area contributed by atoms with Gasteiger partial charge in [-0.25, -0.2) is 4.68 Å². The zero-order valence-electron chi connectivity index (χ0n) is 13.3. The fourth-order valence-corrected chi connectivity index (χ4v) is 1.82. The lowest BCUT2D eigenvalue weighted by molar-refractivity contribution is -0.112. The van der Waals surface area contributed by atoms with Crippen molar-refractivity contribution in [3.8, 4) is 0 Å². The molecule has 2 N–H and O–H groups in total. The molecule has 0 atom stereocenters. The quantitative estimate of drug-likeness (QED) is 0.825. The largest absolute Gasteiger partial charge is 0.350 e. The van der Waals surface area contributed by atoms with E-state index in [1.165, 1.54) is 10.9 Å². The molecule has 23 heavy (non-hydrogen) atoms. The van der Waals surface area contributed by atoms with E-state index in [0.29, 0.717) is 16.8 Å². The molecule has 1 heterocycles. The molecule has 7 heteroatoms. The van der Waals surface area contributed by atoms with Gasteiger partial charge in [0.15, 0.2) is 0 Å². The van der Waals surface area contributed by atoms with Crippen LogP contribution in [0.15, 0.2) is 42.2 Å². The molecule has 1 aromatic heterocycles. The lowest BCUT2D eigenvalue weighted by Crippen LogP contribution is -2.30. The maximum Gasteiger partial charge on any atom is 0.252 e. The van der Waals surface area contributed by atoms with Gasteiger partial charge >= 0.3 is 0 Å². The van der Waals surface area contributed by atoms with E-state index in [2.05, 4.69) is 20.9 Å². The number of rotatable bonds is 5. The molecule has 2 rings (SSSR count). The molecule has 1 aromatic carbocycles. The van der Waals surface area contributed by atoms with Gasteiger partial charge in [-0.3, -0.25) is 9.59 Å². The highest BCUT2D eigenvalue weighted by molar-refractivity contribution is 6.05. The highest BCUT2D eigenvalue weighted by Gasteiger charge is 2.08. The van der Waals surface area contributed by atoms with Crippen LogP contribution in [0.3, 0.4) is 0 Å². The van der Waals surface area contributed by atoms with E-state index >= 15 is 0 Å². The fourth-order valence-electron chi connectivity index (χ4n) is 1.82. The van der Waals surface area contributed by atoms with Gasteiger partial charge in [0.1, 0.15) is 0 Å². The summed E-state index contributed by atoms with van der Waals surface area (Å²) < 4.78 is 1.45. The van der Waals surface area contributed by atoms with Crippen LogP contribution in [0.25, 0.3) is 6.20 Å². The molecular weight excluding hydrogens is 294 g/mol. The van der Waals surface area contributed by atoms with Crippen molar-refractivity contribution in [1.82, 2.24) is 20.3 Å². The number of hydrogen-bond acceptors (Lipinski definition) is 4. The van der Waals surface area contributed by atoms with E-state index in [4.69, 9.17) is 0 Å². The smallest absolute Gasteiger partial charge is 0.252 e. The molecule has 0 aliphatic carbocycles. The Labute approximate surface area is 134 Å². The van der Waals surface area contributed by atoms with Gasteiger partial charge in [0.2, 0.25) is 0 Å². The minimum Gasteiger partial charge on any atom is -0.350 e. The molecule has 120 valence electrons. The molecule has 0 unspecified atom stereocenters. The summed E-state index contributed by atoms with van der Waals surface area (Å²) in [6.07, 6.45) is 4.74. The minimum absolute atomic E-state index is 0.0754. The molecule has 0 fully saturated rings. The monoisotopic (exact) mass is 313 g/mol. The van der Waals surface area contributed by atoms with Crippen molar-refractivity contribution in [2.45, 2.75) is 26.8 Å². The van der Waals surface area contributed by atoms with Crippen molar-refractivity contribution >= 4 is 23.7 Å². The van der Waals surface area contributed by atoms with Crippen LogP contribution < -0.4 is 10.6 Å². The molecule has 7 nitrogen and oxygen atoms in total. The van der Waals surface area contributed by atoms with E-state index in [-0.39, 0.29) is 17.9 Å². The Bertz CT molecular complexity index is 703.